The maximum absolute atomic E-state index is 11.1. The largest absolute Gasteiger partial charge is 0.491 e. The van der Waals surface area contributed by atoms with Crippen LogP contribution < -0.4 is 14.2 Å². The number of hydrogen-bond acceptors (Lipinski definition) is 5. The number of methoxy groups -OCH3 is 1. The van der Waals surface area contributed by atoms with Crippen molar-refractivity contribution in [3.8, 4) is 23.0 Å². The molecule has 34 heavy (non-hydrogen) atoms. The Morgan fingerprint density at radius 2 is 1.21 bits per heavy atom. The molecule has 0 heterocycles. The second kappa shape index (κ2) is 12.7. The number of benzene rings is 3. The van der Waals surface area contributed by atoms with Gasteiger partial charge in [-0.05, 0) is 80.8 Å². The van der Waals surface area contributed by atoms with Crippen LogP contribution >= 0.6 is 0 Å². The third-order valence-electron chi connectivity index (χ3n) is 5.36. The van der Waals surface area contributed by atoms with E-state index < -0.39 is 12.1 Å². The highest BCUT2D eigenvalue weighted by Gasteiger charge is 2.17. The summed E-state index contributed by atoms with van der Waals surface area (Å²) in [7, 11) is 1.40. The molecule has 180 valence electrons. The van der Waals surface area contributed by atoms with Gasteiger partial charge in [0, 0.05) is 13.5 Å². The average molecular weight is 465 g/mol. The Hall–Kier alpha value is -3.51. The van der Waals surface area contributed by atoms with Crippen molar-refractivity contribution in [2.24, 2.45) is 0 Å². The number of rotatable bonds is 13. The Kier molecular flexibility index (Phi) is 9.35. The average Bonchev–Trinajstić information content (AvgIpc) is 2.84. The van der Waals surface area contributed by atoms with Crippen molar-refractivity contribution in [3.63, 3.8) is 0 Å². The number of carboxylic acid groups (broad SMARTS) is 1. The van der Waals surface area contributed by atoms with Gasteiger partial charge >= 0.3 is 5.97 Å². The van der Waals surface area contributed by atoms with Gasteiger partial charge in [-0.15, -0.1) is 0 Å². The summed E-state index contributed by atoms with van der Waals surface area (Å²) in [5.74, 6) is 2.15. The van der Waals surface area contributed by atoms with Gasteiger partial charge in [-0.25, -0.2) is 4.79 Å². The van der Waals surface area contributed by atoms with E-state index in [0.29, 0.717) is 6.42 Å². The predicted molar refractivity (Wildman–Crippen MR) is 131 cm³/mol. The van der Waals surface area contributed by atoms with Crippen LogP contribution in [-0.2, 0) is 16.0 Å². The van der Waals surface area contributed by atoms with Crippen LogP contribution in [0.5, 0.6) is 23.0 Å². The zero-order valence-electron chi connectivity index (χ0n) is 19.8. The van der Waals surface area contributed by atoms with E-state index in [2.05, 4.69) is 0 Å². The summed E-state index contributed by atoms with van der Waals surface area (Å²) in [5.41, 5.74) is 0.886. The fourth-order valence-corrected chi connectivity index (χ4v) is 3.45. The van der Waals surface area contributed by atoms with E-state index in [1.807, 2.05) is 92.7 Å². The number of hydrogen-bond donors (Lipinski definition) is 1. The molecule has 0 bridgehead atoms. The number of para-hydroxylation sites is 1. The Balaban J connectivity index is 1.40. The third-order valence-corrected chi connectivity index (χ3v) is 5.36. The minimum atomic E-state index is -0.968. The summed E-state index contributed by atoms with van der Waals surface area (Å²) in [4.78, 5) is 11.1. The highest BCUT2D eigenvalue weighted by Crippen LogP contribution is 2.25. The first-order valence-electron chi connectivity index (χ1n) is 11.4. The van der Waals surface area contributed by atoms with Gasteiger partial charge in [0.05, 0.1) is 12.2 Å². The van der Waals surface area contributed by atoms with E-state index in [4.69, 9.17) is 24.1 Å². The van der Waals surface area contributed by atoms with Crippen LogP contribution in [0.2, 0.25) is 0 Å². The van der Waals surface area contributed by atoms with Gasteiger partial charge < -0.3 is 24.1 Å². The van der Waals surface area contributed by atoms with Gasteiger partial charge in [0.2, 0.25) is 0 Å². The molecule has 0 saturated heterocycles. The van der Waals surface area contributed by atoms with E-state index in [1.165, 1.54) is 7.11 Å². The van der Waals surface area contributed by atoms with Crippen LogP contribution in [0.25, 0.3) is 0 Å². The van der Waals surface area contributed by atoms with Gasteiger partial charge in [-0.3, -0.25) is 0 Å². The molecule has 0 radical (unpaired) electrons. The van der Waals surface area contributed by atoms with E-state index >= 15 is 0 Å². The molecule has 3 rings (SSSR count). The van der Waals surface area contributed by atoms with Gasteiger partial charge in [0.1, 0.15) is 23.0 Å². The zero-order chi connectivity index (χ0) is 24.3. The lowest BCUT2D eigenvalue weighted by Crippen LogP contribution is -2.24. The minimum absolute atomic E-state index is 0.0179. The van der Waals surface area contributed by atoms with Crippen molar-refractivity contribution in [1.29, 1.82) is 0 Å². The first-order valence-corrected chi connectivity index (χ1v) is 11.4. The minimum Gasteiger partial charge on any atom is -0.491 e. The molecule has 3 aromatic rings. The van der Waals surface area contributed by atoms with Crippen molar-refractivity contribution in [3.05, 3.63) is 84.4 Å². The van der Waals surface area contributed by atoms with E-state index in [0.717, 1.165) is 41.4 Å². The summed E-state index contributed by atoms with van der Waals surface area (Å²) in [6.45, 7) is 4.08. The molecule has 0 aliphatic heterocycles. The van der Waals surface area contributed by atoms with Crippen molar-refractivity contribution < 1.29 is 28.8 Å². The Labute approximate surface area is 201 Å². The molecular formula is C28H32O6. The highest BCUT2D eigenvalue weighted by molar-refractivity contribution is 5.72. The molecule has 3 aromatic carbocycles. The number of aliphatic carboxylic acids is 1. The Morgan fingerprint density at radius 1 is 0.735 bits per heavy atom. The summed E-state index contributed by atoms with van der Waals surface area (Å²) < 4.78 is 22.8. The number of carbonyl (C=O) groups is 1. The first kappa shape index (κ1) is 25.1. The quantitative estimate of drug-likeness (QED) is 0.328. The molecule has 6 nitrogen and oxygen atoms in total. The second-order valence-electron chi connectivity index (χ2n) is 8.23. The van der Waals surface area contributed by atoms with Crippen LogP contribution in [-0.4, -0.2) is 36.5 Å². The lowest BCUT2D eigenvalue weighted by Gasteiger charge is -2.19. The number of carboxylic acids is 1. The fraction of sp³-hybridized carbons (Fsp3) is 0.321. The Bertz CT molecular complexity index is 1000. The molecule has 0 saturated carbocycles. The molecule has 1 N–H and O–H groups in total. The summed E-state index contributed by atoms with van der Waals surface area (Å²) in [6.07, 6.45) is 1.20. The van der Waals surface area contributed by atoms with Gasteiger partial charge in [-0.1, -0.05) is 30.3 Å². The van der Waals surface area contributed by atoms with Crippen molar-refractivity contribution >= 4 is 5.97 Å². The highest BCUT2D eigenvalue weighted by atomic mass is 16.5. The number of ether oxygens (including phenoxy) is 4. The molecule has 0 aliphatic carbocycles. The van der Waals surface area contributed by atoms with Gasteiger partial charge in [0.15, 0.2) is 6.10 Å². The van der Waals surface area contributed by atoms with Crippen LogP contribution in [0.15, 0.2) is 78.9 Å². The zero-order valence-corrected chi connectivity index (χ0v) is 19.8. The van der Waals surface area contributed by atoms with Gasteiger partial charge in [-0.2, -0.15) is 0 Å². The molecule has 0 fully saturated rings. The third kappa shape index (κ3) is 8.12. The molecule has 3 atom stereocenters. The van der Waals surface area contributed by atoms with Crippen LogP contribution in [0.4, 0.5) is 0 Å². The van der Waals surface area contributed by atoms with Crippen molar-refractivity contribution in [1.82, 2.24) is 0 Å². The summed E-state index contributed by atoms with van der Waals surface area (Å²) in [6, 6.07) is 24.7. The Morgan fingerprint density at radius 3 is 1.71 bits per heavy atom. The van der Waals surface area contributed by atoms with Crippen LogP contribution in [0.1, 0.15) is 32.3 Å². The smallest absolute Gasteiger partial charge is 0.333 e. The van der Waals surface area contributed by atoms with Gasteiger partial charge in [0.25, 0.3) is 0 Å². The first-order chi connectivity index (χ1) is 16.4. The topological polar surface area (TPSA) is 74.2 Å². The van der Waals surface area contributed by atoms with E-state index in [1.54, 1.807) is 0 Å². The normalized spacial score (nSPS) is 13.5. The maximum Gasteiger partial charge on any atom is 0.333 e. The van der Waals surface area contributed by atoms with E-state index in [9.17, 15) is 4.79 Å². The molecule has 0 aromatic heterocycles. The molecule has 0 spiro atoms. The molecule has 6 heteroatoms. The standard InChI is InChI=1S/C28H32O6/c1-20(32-24-13-11-22(12-14-24)19-27(31-3)28(29)30)9-10-21(2)33-25-15-17-26(18-16-25)34-23-7-5-4-6-8-23/h4-8,11-18,20-21,27H,9-10,19H2,1-3H3,(H,29,30). The van der Waals surface area contributed by atoms with Crippen molar-refractivity contribution in [2.75, 3.05) is 7.11 Å². The SMILES string of the molecule is COC(Cc1ccc(OC(C)CCC(C)Oc2ccc(Oc3ccccc3)cc2)cc1)C(=O)O. The molecule has 3 unspecified atom stereocenters. The molecule has 0 amide bonds. The van der Waals surface area contributed by atoms with Crippen molar-refractivity contribution in [2.45, 2.75) is 51.4 Å². The predicted octanol–water partition coefficient (Wildman–Crippen LogP) is 6.14. The lowest BCUT2D eigenvalue weighted by molar-refractivity contribution is -0.148. The monoisotopic (exact) mass is 464 g/mol. The fourth-order valence-electron chi connectivity index (χ4n) is 3.45. The lowest BCUT2D eigenvalue weighted by atomic mass is 10.1. The van der Waals surface area contributed by atoms with Crippen LogP contribution in [0, 0.1) is 0 Å². The molecule has 0 aliphatic rings. The summed E-state index contributed by atoms with van der Waals surface area (Å²) in [5, 5.41) is 9.11. The van der Waals surface area contributed by atoms with Crippen LogP contribution in [0.3, 0.4) is 0 Å². The maximum atomic E-state index is 11.1. The second-order valence-corrected chi connectivity index (χ2v) is 8.23. The molecular weight excluding hydrogens is 432 g/mol. The van der Waals surface area contributed by atoms with E-state index in [-0.39, 0.29) is 12.2 Å². The summed E-state index contributed by atoms with van der Waals surface area (Å²) >= 11 is 0.